The van der Waals surface area contributed by atoms with E-state index in [0.29, 0.717) is 16.3 Å². The van der Waals surface area contributed by atoms with Crippen LogP contribution in [0.2, 0.25) is 5.02 Å². The van der Waals surface area contributed by atoms with E-state index < -0.39 is 5.91 Å². The van der Waals surface area contributed by atoms with E-state index in [0.717, 1.165) is 5.39 Å². The van der Waals surface area contributed by atoms with Crippen LogP contribution in [-0.2, 0) is 0 Å². The van der Waals surface area contributed by atoms with Gasteiger partial charge in [0, 0.05) is 16.1 Å². The highest BCUT2D eigenvalue weighted by Gasteiger charge is 2.11. The minimum Gasteiger partial charge on any atom is -0.438 e. The van der Waals surface area contributed by atoms with Crippen molar-refractivity contribution in [2.24, 2.45) is 0 Å². The van der Waals surface area contributed by atoms with E-state index >= 15 is 0 Å². The summed E-state index contributed by atoms with van der Waals surface area (Å²) in [6.45, 7) is 0. The summed E-state index contributed by atoms with van der Waals surface area (Å²) in [5.41, 5.74) is 1.20. The van der Waals surface area contributed by atoms with Crippen molar-refractivity contribution in [2.45, 2.75) is 0 Å². The maximum absolute atomic E-state index is 12.2. The van der Waals surface area contributed by atoms with Crippen LogP contribution in [0.5, 0.6) is 0 Å². The molecular formula is C16H11ClN2O2. The summed E-state index contributed by atoms with van der Waals surface area (Å²) in [6, 6.07) is 15.7. The summed E-state index contributed by atoms with van der Waals surface area (Å²) in [7, 11) is 0. The number of para-hydroxylation sites is 1. The van der Waals surface area contributed by atoms with Crippen molar-refractivity contribution >= 4 is 34.2 Å². The van der Waals surface area contributed by atoms with Crippen LogP contribution in [0.3, 0.4) is 0 Å². The first-order valence-electron chi connectivity index (χ1n) is 6.28. The zero-order chi connectivity index (χ0) is 14.8. The highest BCUT2D eigenvalue weighted by Crippen LogP contribution is 2.16. The summed E-state index contributed by atoms with van der Waals surface area (Å²) in [5.74, 6) is -0.392. The molecule has 1 aromatic heterocycles. The molecule has 0 bridgehead atoms. The van der Waals surface area contributed by atoms with Gasteiger partial charge in [-0.3, -0.25) is 10.2 Å². The molecule has 2 aromatic carbocycles. The maximum Gasteiger partial charge on any atom is 0.261 e. The monoisotopic (exact) mass is 298 g/mol. The number of hydrogen-bond acceptors (Lipinski definition) is 3. The SMILES string of the molecule is N=c1oc2ccccc2cc1C(=O)Nc1ccc(Cl)cc1. The van der Waals surface area contributed by atoms with Gasteiger partial charge in [-0.1, -0.05) is 29.8 Å². The number of rotatable bonds is 2. The molecule has 3 rings (SSSR count). The number of fused-ring (bicyclic) bond motifs is 1. The molecule has 0 atom stereocenters. The molecule has 0 saturated heterocycles. The topological polar surface area (TPSA) is 66.1 Å². The summed E-state index contributed by atoms with van der Waals surface area (Å²) in [6.07, 6.45) is 0. The van der Waals surface area contributed by atoms with Crippen molar-refractivity contribution in [3.63, 3.8) is 0 Å². The number of halogens is 1. The lowest BCUT2D eigenvalue weighted by atomic mass is 10.1. The Morgan fingerprint density at radius 3 is 2.57 bits per heavy atom. The third-order valence-electron chi connectivity index (χ3n) is 3.02. The number of amides is 1. The maximum atomic E-state index is 12.2. The Kier molecular flexibility index (Phi) is 3.46. The van der Waals surface area contributed by atoms with Crippen molar-refractivity contribution in [3.05, 3.63) is 70.7 Å². The van der Waals surface area contributed by atoms with Gasteiger partial charge < -0.3 is 9.73 Å². The second kappa shape index (κ2) is 5.42. The highest BCUT2D eigenvalue weighted by molar-refractivity contribution is 6.30. The molecule has 0 spiro atoms. The fourth-order valence-corrected chi connectivity index (χ4v) is 2.11. The number of hydrogen-bond donors (Lipinski definition) is 2. The Balaban J connectivity index is 1.95. The van der Waals surface area contributed by atoms with Crippen LogP contribution in [-0.4, -0.2) is 5.91 Å². The largest absolute Gasteiger partial charge is 0.438 e. The molecule has 0 radical (unpaired) electrons. The number of benzene rings is 2. The van der Waals surface area contributed by atoms with Crippen LogP contribution in [0.25, 0.3) is 11.0 Å². The summed E-state index contributed by atoms with van der Waals surface area (Å²) >= 11 is 5.80. The lowest BCUT2D eigenvalue weighted by molar-refractivity contribution is 0.102. The van der Waals surface area contributed by atoms with Gasteiger partial charge in [0.05, 0.1) is 0 Å². The molecule has 0 unspecified atom stereocenters. The van der Waals surface area contributed by atoms with Crippen molar-refractivity contribution in [3.8, 4) is 0 Å². The second-order valence-electron chi connectivity index (χ2n) is 4.49. The van der Waals surface area contributed by atoms with E-state index in [2.05, 4.69) is 5.32 Å². The van der Waals surface area contributed by atoms with Gasteiger partial charge >= 0.3 is 0 Å². The van der Waals surface area contributed by atoms with E-state index in [9.17, 15) is 4.79 Å². The zero-order valence-corrected chi connectivity index (χ0v) is 11.6. The smallest absolute Gasteiger partial charge is 0.261 e. The predicted octanol–water partition coefficient (Wildman–Crippen LogP) is 3.82. The predicted molar refractivity (Wildman–Crippen MR) is 81.5 cm³/mol. The Hall–Kier alpha value is -2.59. The molecule has 0 aliphatic rings. The van der Waals surface area contributed by atoms with Crippen LogP contribution < -0.4 is 10.9 Å². The van der Waals surface area contributed by atoms with E-state index in [-0.39, 0.29) is 11.1 Å². The highest BCUT2D eigenvalue weighted by atomic mass is 35.5. The summed E-state index contributed by atoms with van der Waals surface area (Å²) in [4.78, 5) is 12.2. The standard InChI is InChI=1S/C16H11ClN2O2/c17-11-5-7-12(8-6-11)19-16(20)13-9-10-3-1-2-4-14(10)21-15(13)18/h1-9,18H,(H,19,20). The molecule has 4 nitrogen and oxygen atoms in total. The van der Waals surface area contributed by atoms with Crippen LogP contribution in [0.4, 0.5) is 5.69 Å². The number of carbonyl (C=O) groups is 1. The average Bonchev–Trinajstić information content (AvgIpc) is 2.49. The van der Waals surface area contributed by atoms with Crippen molar-refractivity contribution in [2.75, 3.05) is 5.32 Å². The first kappa shape index (κ1) is 13.4. The Labute approximate surface area is 125 Å². The molecule has 0 aliphatic heterocycles. The molecule has 1 heterocycles. The zero-order valence-electron chi connectivity index (χ0n) is 10.9. The lowest BCUT2D eigenvalue weighted by Crippen LogP contribution is -2.20. The van der Waals surface area contributed by atoms with Crippen molar-refractivity contribution in [1.29, 1.82) is 5.41 Å². The lowest BCUT2D eigenvalue weighted by Gasteiger charge is -2.06. The summed E-state index contributed by atoms with van der Waals surface area (Å²) < 4.78 is 5.36. The molecule has 2 N–H and O–H groups in total. The minimum atomic E-state index is -0.392. The third kappa shape index (κ3) is 2.80. The average molecular weight is 299 g/mol. The Morgan fingerprint density at radius 2 is 1.81 bits per heavy atom. The number of nitrogens with one attached hydrogen (secondary N) is 2. The number of anilines is 1. The first-order chi connectivity index (χ1) is 10.1. The molecular weight excluding hydrogens is 288 g/mol. The minimum absolute atomic E-state index is 0.167. The summed E-state index contributed by atoms with van der Waals surface area (Å²) in [5, 5.41) is 11.9. The van der Waals surface area contributed by atoms with Crippen LogP contribution in [0.1, 0.15) is 10.4 Å². The quantitative estimate of drug-likeness (QED) is 0.755. The van der Waals surface area contributed by atoms with Crippen LogP contribution in [0.15, 0.2) is 59.0 Å². The van der Waals surface area contributed by atoms with Crippen molar-refractivity contribution in [1.82, 2.24) is 0 Å². The molecule has 0 fully saturated rings. The fourth-order valence-electron chi connectivity index (χ4n) is 1.98. The van der Waals surface area contributed by atoms with Gasteiger partial charge in [0.25, 0.3) is 5.91 Å². The molecule has 104 valence electrons. The van der Waals surface area contributed by atoms with Gasteiger partial charge in [0.2, 0.25) is 5.55 Å². The molecule has 0 aliphatic carbocycles. The van der Waals surface area contributed by atoms with E-state index in [1.165, 1.54) is 0 Å². The Morgan fingerprint density at radius 1 is 1.10 bits per heavy atom. The van der Waals surface area contributed by atoms with Gasteiger partial charge in [-0.2, -0.15) is 0 Å². The first-order valence-corrected chi connectivity index (χ1v) is 6.66. The fraction of sp³-hybridized carbons (Fsp3) is 0. The molecule has 21 heavy (non-hydrogen) atoms. The van der Waals surface area contributed by atoms with Gasteiger partial charge in [-0.15, -0.1) is 0 Å². The van der Waals surface area contributed by atoms with E-state index in [1.54, 1.807) is 36.4 Å². The van der Waals surface area contributed by atoms with Crippen molar-refractivity contribution < 1.29 is 9.21 Å². The molecule has 5 heteroatoms. The van der Waals surface area contributed by atoms with Gasteiger partial charge in [-0.05, 0) is 36.4 Å². The molecule has 3 aromatic rings. The van der Waals surface area contributed by atoms with Gasteiger partial charge in [-0.25, -0.2) is 0 Å². The van der Waals surface area contributed by atoms with E-state index in [1.807, 2.05) is 18.2 Å². The van der Waals surface area contributed by atoms with E-state index in [4.69, 9.17) is 21.4 Å². The number of carbonyl (C=O) groups excluding carboxylic acids is 1. The van der Waals surface area contributed by atoms with Crippen LogP contribution >= 0.6 is 11.6 Å². The van der Waals surface area contributed by atoms with Crippen LogP contribution in [0, 0.1) is 5.41 Å². The third-order valence-corrected chi connectivity index (χ3v) is 3.27. The second-order valence-corrected chi connectivity index (χ2v) is 4.92. The molecule has 1 amide bonds. The van der Waals surface area contributed by atoms with Gasteiger partial charge in [0.15, 0.2) is 0 Å². The molecule has 0 saturated carbocycles. The Bertz CT molecular complexity index is 869. The van der Waals surface area contributed by atoms with Gasteiger partial charge in [0.1, 0.15) is 11.1 Å². The normalized spacial score (nSPS) is 10.5.